The van der Waals surface area contributed by atoms with E-state index in [1.165, 1.54) is 0 Å². The Morgan fingerprint density at radius 1 is 1.33 bits per heavy atom. The number of halogens is 1. The number of hydrogen-bond donors (Lipinski definition) is 1. The maximum absolute atomic E-state index is 12.0. The molecule has 24 heavy (non-hydrogen) atoms. The van der Waals surface area contributed by atoms with Gasteiger partial charge in [-0.25, -0.2) is 4.79 Å². The highest BCUT2D eigenvalue weighted by atomic mass is 35.5. The van der Waals surface area contributed by atoms with Gasteiger partial charge in [0.25, 0.3) is 0 Å². The Morgan fingerprint density at radius 3 is 2.50 bits per heavy atom. The molecule has 144 valence electrons. The van der Waals surface area contributed by atoms with E-state index in [2.05, 4.69) is 26.5 Å². The van der Waals surface area contributed by atoms with Crippen molar-refractivity contribution in [1.29, 1.82) is 0 Å². The fourth-order valence-electron chi connectivity index (χ4n) is 2.28. The van der Waals surface area contributed by atoms with Gasteiger partial charge in [0.05, 0.1) is 12.2 Å². The standard InChI is InChI=1S/C17H33NO5.ClH/c1-7-17(5,6)23-14-10-20-9-13(18)16(19)22-12(4)15(14)21-8-11(2)3;/h11-15H,7-10,18H2,1-6H3;1H/t12-,13-,14-,15-;/m0./s1. The Kier molecular flexibility index (Phi) is 10.4. The zero-order chi connectivity index (χ0) is 17.6. The molecule has 0 aliphatic carbocycles. The third kappa shape index (κ3) is 7.66. The van der Waals surface area contributed by atoms with Crippen molar-refractivity contribution in [2.24, 2.45) is 5.92 Å². The summed E-state index contributed by atoms with van der Waals surface area (Å²) in [7, 11) is 0. The number of ether oxygens (including phenoxy) is 4. The minimum Gasteiger partial charge on any atom is -1.00 e. The number of hydrogen-bond acceptors (Lipinski definition) is 5. The van der Waals surface area contributed by atoms with Gasteiger partial charge >= 0.3 is 5.97 Å². The van der Waals surface area contributed by atoms with Crippen LogP contribution in [0.3, 0.4) is 0 Å². The van der Waals surface area contributed by atoms with Crippen LogP contribution in [0.4, 0.5) is 0 Å². The Bertz CT molecular complexity index is 378. The van der Waals surface area contributed by atoms with Gasteiger partial charge in [-0.3, -0.25) is 0 Å². The van der Waals surface area contributed by atoms with Gasteiger partial charge in [-0.15, -0.1) is 0 Å². The zero-order valence-electron chi connectivity index (χ0n) is 15.8. The van der Waals surface area contributed by atoms with Gasteiger partial charge in [-0.2, -0.15) is 0 Å². The first kappa shape index (κ1) is 23.6. The molecule has 0 spiro atoms. The van der Waals surface area contributed by atoms with E-state index in [-0.39, 0.29) is 42.8 Å². The van der Waals surface area contributed by atoms with Gasteiger partial charge in [0.15, 0.2) is 0 Å². The molecule has 1 fully saturated rings. The van der Waals surface area contributed by atoms with Crippen LogP contribution in [0.2, 0.25) is 0 Å². The highest BCUT2D eigenvalue weighted by molar-refractivity contribution is 5.74. The summed E-state index contributed by atoms with van der Waals surface area (Å²) in [6.07, 6.45) is -0.203. The van der Waals surface area contributed by atoms with Crippen LogP contribution >= 0.6 is 0 Å². The van der Waals surface area contributed by atoms with Crippen molar-refractivity contribution in [2.75, 3.05) is 19.8 Å². The summed E-state index contributed by atoms with van der Waals surface area (Å²) in [4.78, 5) is 12.0. The molecular weight excluding hydrogens is 334 g/mol. The smallest absolute Gasteiger partial charge is 0.367 e. The van der Waals surface area contributed by atoms with Crippen LogP contribution in [-0.4, -0.2) is 55.7 Å². The van der Waals surface area contributed by atoms with E-state index in [1.807, 2.05) is 20.8 Å². The maximum Gasteiger partial charge on any atom is 0.367 e. The van der Waals surface area contributed by atoms with Gasteiger partial charge in [-0.05, 0) is 33.1 Å². The average molecular weight is 368 g/mol. The van der Waals surface area contributed by atoms with E-state index < -0.39 is 12.1 Å². The van der Waals surface area contributed by atoms with Crippen LogP contribution < -0.4 is 18.1 Å². The number of rotatable bonds is 6. The molecule has 4 atom stereocenters. The molecule has 3 N–H and O–H groups in total. The quantitative estimate of drug-likeness (QED) is 0.559. The summed E-state index contributed by atoms with van der Waals surface area (Å²) in [6.45, 7) is 13.3. The SMILES string of the molecule is CCC(C)(C)O[C@H]1COC[C@H]([NH3+])C(=O)O[C@@H](C)[C@@H]1OCC(C)C.[Cl-]. The first-order valence-electron chi connectivity index (χ1n) is 8.57. The predicted octanol–water partition coefficient (Wildman–Crippen LogP) is -1.82. The lowest BCUT2D eigenvalue weighted by atomic mass is 10.0. The molecule has 0 bridgehead atoms. The van der Waals surface area contributed by atoms with Crippen molar-refractivity contribution in [1.82, 2.24) is 0 Å². The van der Waals surface area contributed by atoms with Crippen molar-refractivity contribution in [3.63, 3.8) is 0 Å². The number of esters is 1. The van der Waals surface area contributed by atoms with Gasteiger partial charge in [0.1, 0.15) is 24.9 Å². The molecule has 0 aromatic heterocycles. The van der Waals surface area contributed by atoms with E-state index in [4.69, 9.17) is 18.9 Å². The number of carbonyl (C=O) groups is 1. The molecule has 1 heterocycles. The van der Waals surface area contributed by atoms with E-state index in [0.717, 1.165) is 6.42 Å². The molecule has 0 aromatic rings. The molecule has 6 nitrogen and oxygen atoms in total. The van der Waals surface area contributed by atoms with Gasteiger partial charge in [0, 0.05) is 6.61 Å². The minimum atomic E-state index is -0.527. The molecule has 0 aromatic carbocycles. The van der Waals surface area contributed by atoms with Crippen LogP contribution in [0.15, 0.2) is 0 Å². The second-order valence-corrected chi connectivity index (χ2v) is 7.34. The molecule has 1 saturated heterocycles. The Labute approximate surface area is 152 Å². The van der Waals surface area contributed by atoms with E-state index in [9.17, 15) is 4.79 Å². The third-order valence-corrected chi connectivity index (χ3v) is 4.01. The highest BCUT2D eigenvalue weighted by Crippen LogP contribution is 2.23. The van der Waals surface area contributed by atoms with Crippen LogP contribution in [0.25, 0.3) is 0 Å². The summed E-state index contributed by atoms with van der Waals surface area (Å²) in [6, 6.07) is -0.527. The van der Waals surface area contributed by atoms with Crippen LogP contribution in [0.1, 0.15) is 48.0 Å². The number of quaternary nitrogens is 1. The van der Waals surface area contributed by atoms with Crippen molar-refractivity contribution >= 4 is 5.97 Å². The van der Waals surface area contributed by atoms with Crippen molar-refractivity contribution in [2.45, 2.75) is 77.9 Å². The molecule has 0 saturated carbocycles. The number of carbonyl (C=O) groups excluding carboxylic acids is 1. The van der Waals surface area contributed by atoms with Crippen LogP contribution in [0.5, 0.6) is 0 Å². The molecular formula is C17H34ClNO5. The Balaban J connectivity index is 0.00000529. The predicted molar refractivity (Wildman–Crippen MR) is 86.9 cm³/mol. The van der Waals surface area contributed by atoms with E-state index in [0.29, 0.717) is 19.1 Å². The maximum atomic E-state index is 12.0. The fourth-order valence-corrected chi connectivity index (χ4v) is 2.28. The summed E-state index contributed by atoms with van der Waals surface area (Å²) in [5, 5.41) is 0. The summed E-state index contributed by atoms with van der Waals surface area (Å²) in [5.74, 6) is 0.0259. The lowest BCUT2D eigenvalue weighted by Gasteiger charge is -2.36. The minimum absolute atomic E-state index is 0. The van der Waals surface area contributed by atoms with E-state index >= 15 is 0 Å². The molecule has 1 aliphatic heterocycles. The highest BCUT2D eigenvalue weighted by Gasteiger charge is 2.38. The van der Waals surface area contributed by atoms with Crippen molar-refractivity contribution < 1.29 is 41.9 Å². The monoisotopic (exact) mass is 367 g/mol. The van der Waals surface area contributed by atoms with E-state index in [1.54, 1.807) is 0 Å². The van der Waals surface area contributed by atoms with Crippen molar-refractivity contribution in [3.8, 4) is 0 Å². The molecule has 0 amide bonds. The number of cyclic esters (lactones) is 1. The van der Waals surface area contributed by atoms with Gasteiger partial charge in [0.2, 0.25) is 6.04 Å². The molecule has 1 rings (SSSR count). The van der Waals surface area contributed by atoms with Gasteiger partial charge < -0.3 is 37.1 Å². The first-order valence-corrected chi connectivity index (χ1v) is 8.57. The molecule has 0 unspecified atom stereocenters. The Morgan fingerprint density at radius 2 is 1.96 bits per heavy atom. The second kappa shape index (κ2) is 10.6. The second-order valence-electron chi connectivity index (χ2n) is 7.34. The zero-order valence-corrected chi connectivity index (χ0v) is 16.6. The normalized spacial score (nSPS) is 29.2. The summed E-state index contributed by atoms with van der Waals surface area (Å²) in [5.41, 5.74) is 3.49. The first-order chi connectivity index (χ1) is 10.7. The molecule has 7 heteroatoms. The van der Waals surface area contributed by atoms with Crippen LogP contribution in [-0.2, 0) is 23.7 Å². The molecule has 1 aliphatic rings. The third-order valence-electron chi connectivity index (χ3n) is 4.01. The van der Waals surface area contributed by atoms with Crippen molar-refractivity contribution in [3.05, 3.63) is 0 Å². The van der Waals surface area contributed by atoms with Crippen LogP contribution in [0, 0.1) is 5.92 Å². The fraction of sp³-hybridized carbons (Fsp3) is 0.941. The largest absolute Gasteiger partial charge is 1.00 e. The lowest BCUT2D eigenvalue weighted by molar-refractivity contribution is -0.415. The Hall–Kier alpha value is -0.400. The summed E-state index contributed by atoms with van der Waals surface area (Å²) < 4.78 is 23.5. The van der Waals surface area contributed by atoms with Gasteiger partial charge in [-0.1, -0.05) is 20.8 Å². The topological polar surface area (TPSA) is 81.6 Å². The summed E-state index contributed by atoms with van der Waals surface area (Å²) >= 11 is 0. The molecule has 0 radical (unpaired) electrons. The lowest BCUT2D eigenvalue weighted by Crippen LogP contribution is -3.00. The average Bonchev–Trinajstić information content (AvgIpc) is 2.49.